The highest BCUT2D eigenvalue weighted by atomic mass is 16.5. The molecule has 21 heavy (non-hydrogen) atoms. The number of amides is 1. The number of benzene rings is 1. The van der Waals surface area contributed by atoms with Crippen molar-refractivity contribution < 1.29 is 9.53 Å². The van der Waals surface area contributed by atoms with Crippen molar-refractivity contribution in [1.82, 2.24) is 5.32 Å². The fraction of sp³-hybridized carbons (Fsp3) is 0.471. The summed E-state index contributed by atoms with van der Waals surface area (Å²) in [4.78, 5) is 12.4. The van der Waals surface area contributed by atoms with E-state index >= 15 is 0 Å². The SMILES string of the molecule is CCC1(NC(=O)c2ccc(OC)c(C#CCN)c2)CCC1. The summed E-state index contributed by atoms with van der Waals surface area (Å²) in [6, 6.07) is 5.30. The zero-order chi connectivity index (χ0) is 15.3. The summed E-state index contributed by atoms with van der Waals surface area (Å²) < 4.78 is 5.26. The average Bonchev–Trinajstić information content (AvgIpc) is 2.48. The van der Waals surface area contributed by atoms with Crippen LogP contribution < -0.4 is 15.8 Å². The minimum atomic E-state index is -0.0463. The molecular formula is C17H22N2O2. The van der Waals surface area contributed by atoms with Gasteiger partial charge in [0.1, 0.15) is 5.75 Å². The fourth-order valence-electron chi connectivity index (χ4n) is 2.58. The third-order valence-corrected chi connectivity index (χ3v) is 4.15. The highest BCUT2D eigenvalue weighted by Gasteiger charge is 2.36. The van der Waals surface area contributed by atoms with Crippen molar-refractivity contribution in [3.05, 3.63) is 29.3 Å². The Morgan fingerprint density at radius 3 is 2.76 bits per heavy atom. The first-order valence-corrected chi connectivity index (χ1v) is 7.33. The molecule has 0 unspecified atom stereocenters. The zero-order valence-electron chi connectivity index (χ0n) is 12.7. The molecule has 1 aromatic rings. The molecule has 0 bridgehead atoms. The van der Waals surface area contributed by atoms with E-state index in [-0.39, 0.29) is 18.0 Å². The predicted octanol–water partition coefficient (Wildman–Crippen LogP) is 2.07. The van der Waals surface area contributed by atoms with Crippen molar-refractivity contribution in [3.63, 3.8) is 0 Å². The summed E-state index contributed by atoms with van der Waals surface area (Å²) >= 11 is 0. The average molecular weight is 286 g/mol. The van der Waals surface area contributed by atoms with E-state index in [2.05, 4.69) is 24.1 Å². The Hall–Kier alpha value is -1.99. The summed E-state index contributed by atoms with van der Waals surface area (Å²) in [7, 11) is 1.59. The van der Waals surface area contributed by atoms with Gasteiger partial charge in [-0.2, -0.15) is 0 Å². The van der Waals surface area contributed by atoms with Crippen LogP contribution in [0.15, 0.2) is 18.2 Å². The van der Waals surface area contributed by atoms with E-state index in [1.54, 1.807) is 25.3 Å². The van der Waals surface area contributed by atoms with Crippen LogP contribution in [0.25, 0.3) is 0 Å². The molecule has 1 amide bonds. The van der Waals surface area contributed by atoms with Crippen molar-refractivity contribution in [2.45, 2.75) is 38.1 Å². The van der Waals surface area contributed by atoms with Gasteiger partial charge < -0.3 is 15.8 Å². The number of nitrogens with one attached hydrogen (secondary N) is 1. The van der Waals surface area contributed by atoms with Gasteiger partial charge in [0.05, 0.1) is 19.2 Å². The lowest BCUT2D eigenvalue weighted by Gasteiger charge is -2.42. The molecule has 1 saturated carbocycles. The third kappa shape index (κ3) is 3.37. The molecule has 1 aromatic carbocycles. The molecule has 0 spiro atoms. The highest BCUT2D eigenvalue weighted by Crippen LogP contribution is 2.35. The lowest BCUT2D eigenvalue weighted by molar-refractivity contribution is 0.0820. The van der Waals surface area contributed by atoms with Crippen LogP contribution >= 0.6 is 0 Å². The number of nitrogens with two attached hydrogens (primary N) is 1. The van der Waals surface area contributed by atoms with Crippen molar-refractivity contribution in [1.29, 1.82) is 0 Å². The van der Waals surface area contributed by atoms with E-state index < -0.39 is 0 Å². The van der Waals surface area contributed by atoms with Gasteiger partial charge in [-0.15, -0.1) is 0 Å². The number of rotatable bonds is 4. The molecule has 1 aliphatic rings. The first-order valence-electron chi connectivity index (χ1n) is 7.33. The van der Waals surface area contributed by atoms with Crippen LogP contribution in [0.1, 0.15) is 48.5 Å². The first-order chi connectivity index (χ1) is 10.1. The molecule has 2 rings (SSSR count). The Morgan fingerprint density at radius 2 is 2.24 bits per heavy atom. The maximum atomic E-state index is 12.4. The molecular weight excluding hydrogens is 264 g/mol. The standard InChI is InChI=1S/C17H22N2O2/c1-3-17(9-5-10-17)19-16(20)14-7-8-15(21-2)13(12-14)6-4-11-18/h7-8,12H,3,5,9-11,18H2,1-2H3,(H,19,20). The quantitative estimate of drug-likeness (QED) is 0.833. The van der Waals surface area contributed by atoms with Crippen LogP contribution in [-0.4, -0.2) is 25.1 Å². The monoisotopic (exact) mass is 286 g/mol. The van der Waals surface area contributed by atoms with Crippen LogP contribution in [0.4, 0.5) is 0 Å². The minimum Gasteiger partial charge on any atom is -0.495 e. The van der Waals surface area contributed by atoms with Gasteiger partial charge in [-0.25, -0.2) is 0 Å². The molecule has 1 fully saturated rings. The largest absolute Gasteiger partial charge is 0.495 e. The number of hydrogen-bond acceptors (Lipinski definition) is 3. The van der Waals surface area contributed by atoms with Gasteiger partial charge in [0.15, 0.2) is 0 Å². The molecule has 112 valence electrons. The van der Waals surface area contributed by atoms with Gasteiger partial charge in [-0.3, -0.25) is 4.79 Å². The minimum absolute atomic E-state index is 0.0138. The molecule has 4 heteroatoms. The molecule has 0 atom stereocenters. The molecule has 0 aliphatic heterocycles. The summed E-state index contributed by atoms with van der Waals surface area (Å²) in [5.74, 6) is 6.34. The maximum absolute atomic E-state index is 12.4. The predicted molar refractivity (Wildman–Crippen MR) is 83.3 cm³/mol. The Balaban J connectivity index is 2.21. The number of methoxy groups -OCH3 is 1. The Bertz CT molecular complexity index is 575. The smallest absolute Gasteiger partial charge is 0.251 e. The van der Waals surface area contributed by atoms with Crippen LogP contribution in [0.2, 0.25) is 0 Å². The van der Waals surface area contributed by atoms with E-state index in [0.717, 1.165) is 19.3 Å². The Kier molecular flexibility index (Phi) is 4.87. The first kappa shape index (κ1) is 15.4. The normalized spacial score (nSPS) is 15.4. The highest BCUT2D eigenvalue weighted by molar-refractivity contribution is 5.95. The molecule has 1 aliphatic carbocycles. The van der Waals surface area contributed by atoms with E-state index in [9.17, 15) is 4.79 Å². The zero-order valence-corrected chi connectivity index (χ0v) is 12.7. The molecule has 3 N–H and O–H groups in total. The number of hydrogen-bond donors (Lipinski definition) is 2. The third-order valence-electron chi connectivity index (χ3n) is 4.15. The number of carbonyl (C=O) groups excluding carboxylic acids is 1. The van der Waals surface area contributed by atoms with Crippen molar-refractivity contribution in [2.24, 2.45) is 5.73 Å². The molecule has 0 heterocycles. The van der Waals surface area contributed by atoms with Gasteiger partial charge in [-0.1, -0.05) is 18.8 Å². The molecule has 0 saturated heterocycles. The maximum Gasteiger partial charge on any atom is 0.251 e. The van der Waals surface area contributed by atoms with Gasteiger partial charge in [0, 0.05) is 11.1 Å². The summed E-state index contributed by atoms with van der Waals surface area (Å²) in [6.07, 6.45) is 4.27. The molecule has 4 nitrogen and oxygen atoms in total. The topological polar surface area (TPSA) is 64.3 Å². The Labute approximate surface area is 126 Å². The Morgan fingerprint density at radius 1 is 1.48 bits per heavy atom. The van der Waals surface area contributed by atoms with Gasteiger partial charge in [0.25, 0.3) is 5.91 Å². The van der Waals surface area contributed by atoms with Crippen LogP contribution in [0.5, 0.6) is 5.75 Å². The summed E-state index contributed by atoms with van der Waals surface area (Å²) in [6.45, 7) is 2.39. The number of ether oxygens (including phenoxy) is 1. The van der Waals surface area contributed by atoms with Gasteiger partial charge >= 0.3 is 0 Å². The van der Waals surface area contributed by atoms with Crippen molar-refractivity contribution in [3.8, 4) is 17.6 Å². The van der Waals surface area contributed by atoms with E-state index in [1.165, 1.54) is 6.42 Å². The lowest BCUT2D eigenvalue weighted by atomic mass is 9.74. The van der Waals surface area contributed by atoms with E-state index in [4.69, 9.17) is 10.5 Å². The fourth-order valence-corrected chi connectivity index (χ4v) is 2.58. The molecule has 0 radical (unpaired) electrons. The van der Waals surface area contributed by atoms with Crippen LogP contribution in [0.3, 0.4) is 0 Å². The van der Waals surface area contributed by atoms with Gasteiger partial charge in [0.2, 0.25) is 0 Å². The van der Waals surface area contributed by atoms with Gasteiger partial charge in [-0.05, 0) is 43.9 Å². The summed E-state index contributed by atoms with van der Waals surface area (Å²) in [5.41, 5.74) is 6.68. The molecule has 0 aromatic heterocycles. The lowest BCUT2D eigenvalue weighted by Crippen LogP contribution is -2.52. The second-order valence-corrected chi connectivity index (χ2v) is 5.36. The van der Waals surface area contributed by atoms with Crippen molar-refractivity contribution in [2.75, 3.05) is 13.7 Å². The second-order valence-electron chi connectivity index (χ2n) is 5.36. The van der Waals surface area contributed by atoms with E-state index in [1.807, 2.05) is 0 Å². The van der Waals surface area contributed by atoms with Crippen LogP contribution in [0, 0.1) is 11.8 Å². The number of carbonyl (C=O) groups is 1. The summed E-state index contributed by atoms with van der Waals surface area (Å²) in [5, 5.41) is 3.16. The van der Waals surface area contributed by atoms with Crippen LogP contribution in [-0.2, 0) is 0 Å². The van der Waals surface area contributed by atoms with E-state index in [0.29, 0.717) is 16.9 Å². The second kappa shape index (κ2) is 6.64. The van der Waals surface area contributed by atoms with Crippen molar-refractivity contribution >= 4 is 5.91 Å².